The van der Waals surface area contributed by atoms with Crippen LogP contribution in [-0.4, -0.2) is 27.6 Å². The fourth-order valence-corrected chi connectivity index (χ4v) is 1.80. The van der Waals surface area contributed by atoms with E-state index in [1.54, 1.807) is 19.1 Å². The predicted molar refractivity (Wildman–Crippen MR) is 78.2 cm³/mol. The number of pyridine rings is 1. The van der Waals surface area contributed by atoms with Gasteiger partial charge in [0.1, 0.15) is 11.5 Å². The number of hydrogen-bond acceptors (Lipinski definition) is 6. The van der Waals surface area contributed by atoms with Crippen molar-refractivity contribution in [1.82, 2.24) is 20.4 Å². The first-order valence-electron chi connectivity index (χ1n) is 6.58. The van der Waals surface area contributed by atoms with Crippen LogP contribution in [0.5, 0.6) is 0 Å². The van der Waals surface area contributed by atoms with Crippen molar-refractivity contribution in [2.45, 2.75) is 26.8 Å². The van der Waals surface area contributed by atoms with E-state index in [-0.39, 0.29) is 17.3 Å². The summed E-state index contributed by atoms with van der Waals surface area (Å²) in [4.78, 5) is 20.3. The Bertz CT molecular complexity index is 629. The Morgan fingerprint density at radius 2 is 2.19 bits per heavy atom. The molecule has 112 valence electrons. The van der Waals surface area contributed by atoms with Crippen LogP contribution in [0.1, 0.15) is 35.5 Å². The normalized spacial score (nSPS) is 10.4. The van der Waals surface area contributed by atoms with E-state index in [1.807, 2.05) is 6.92 Å². The Hall–Kier alpha value is -2.15. The molecule has 0 unspecified atom stereocenters. The maximum atomic E-state index is 12.1. The minimum absolute atomic E-state index is 0.129. The molecule has 8 heteroatoms. The van der Waals surface area contributed by atoms with Gasteiger partial charge in [0.2, 0.25) is 5.89 Å². The van der Waals surface area contributed by atoms with E-state index in [0.717, 1.165) is 13.0 Å². The molecule has 0 fully saturated rings. The van der Waals surface area contributed by atoms with Gasteiger partial charge in [-0.2, -0.15) is 4.98 Å². The summed E-state index contributed by atoms with van der Waals surface area (Å²) in [6.45, 7) is 4.65. The molecule has 0 spiro atoms. The molecular weight excluding hydrogens is 294 g/mol. The highest BCUT2D eigenvalue weighted by Crippen LogP contribution is 2.16. The summed E-state index contributed by atoms with van der Waals surface area (Å²) < 4.78 is 4.92. The number of anilines is 1. The molecule has 0 aliphatic rings. The van der Waals surface area contributed by atoms with Gasteiger partial charge in [-0.25, -0.2) is 4.98 Å². The quantitative estimate of drug-likeness (QED) is 0.849. The summed E-state index contributed by atoms with van der Waals surface area (Å²) >= 11 is 6.01. The Labute approximate surface area is 127 Å². The number of carbonyl (C=O) groups excluding carboxylic acids is 1. The van der Waals surface area contributed by atoms with Crippen LogP contribution in [0.15, 0.2) is 16.7 Å². The van der Waals surface area contributed by atoms with Gasteiger partial charge >= 0.3 is 0 Å². The van der Waals surface area contributed by atoms with Crippen molar-refractivity contribution in [3.05, 3.63) is 34.6 Å². The average Bonchev–Trinajstić information content (AvgIpc) is 2.89. The number of nitrogens with one attached hydrogen (secondary N) is 2. The van der Waals surface area contributed by atoms with Crippen molar-refractivity contribution in [2.24, 2.45) is 0 Å². The topological polar surface area (TPSA) is 92.9 Å². The molecule has 0 aromatic carbocycles. The lowest BCUT2D eigenvalue weighted by Crippen LogP contribution is -2.24. The van der Waals surface area contributed by atoms with Gasteiger partial charge in [0, 0.05) is 6.54 Å². The third-order valence-electron chi connectivity index (χ3n) is 2.59. The Morgan fingerprint density at radius 1 is 1.38 bits per heavy atom. The number of nitrogens with zero attached hydrogens (tertiary/aromatic N) is 3. The number of halogens is 1. The van der Waals surface area contributed by atoms with Gasteiger partial charge in [-0.15, -0.1) is 0 Å². The molecule has 1 amide bonds. The number of aromatic nitrogens is 3. The second kappa shape index (κ2) is 7.03. The van der Waals surface area contributed by atoms with Crippen molar-refractivity contribution in [3.63, 3.8) is 0 Å². The maximum Gasteiger partial charge on any atom is 0.271 e. The first-order chi connectivity index (χ1) is 10.1. The second-order valence-corrected chi connectivity index (χ2v) is 4.78. The standard InChI is InChI=1S/C13H16ClN5O2/c1-3-6-15-10-5-4-9(14)12(18-10)13(20)16-7-11-17-8(2)19-21-11/h4-5H,3,6-7H2,1-2H3,(H,15,18)(H,16,20). The van der Waals surface area contributed by atoms with Gasteiger partial charge < -0.3 is 15.2 Å². The molecule has 2 aromatic heterocycles. The fraction of sp³-hybridized carbons (Fsp3) is 0.385. The van der Waals surface area contributed by atoms with Crippen molar-refractivity contribution >= 4 is 23.3 Å². The largest absolute Gasteiger partial charge is 0.370 e. The highest BCUT2D eigenvalue weighted by Gasteiger charge is 2.14. The number of amides is 1. The molecule has 0 saturated carbocycles. The van der Waals surface area contributed by atoms with Gasteiger partial charge in [0.15, 0.2) is 5.82 Å². The summed E-state index contributed by atoms with van der Waals surface area (Å²) in [5.41, 5.74) is 0.161. The molecule has 0 atom stereocenters. The predicted octanol–water partition coefficient (Wildman–Crippen LogP) is 2.18. The Morgan fingerprint density at radius 3 is 2.86 bits per heavy atom. The molecule has 7 nitrogen and oxygen atoms in total. The summed E-state index contributed by atoms with van der Waals surface area (Å²) in [6, 6.07) is 3.37. The molecule has 0 bridgehead atoms. The van der Waals surface area contributed by atoms with Crippen LogP contribution in [0.3, 0.4) is 0 Å². The molecule has 2 aromatic rings. The van der Waals surface area contributed by atoms with E-state index in [0.29, 0.717) is 17.5 Å². The van der Waals surface area contributed by atoms with E-state index < -0.39 is 5.91 Å². The zero-order valence-electron chi connectivity index (χ0n) is 11.8. The van der Waals surface area contributed by atoms with Crippen LogP contribution in [-0.2, 0) is 6.54 Å². The lowest BCUT2D eigenvalue weighted by Gasteiger charge is -2.08. The molecule has 21 heavy (non-hydrogen) atoms. The average molecular weight is 310 g/mol. The minimum atomic E-state index is -0.393. The summed E-state index contributed by atoms with van der Waals surface area (Å²) in [5, 5.41) is 9.68. The smallest absolute Gasteiger partial charge is 0.271 e. The van der Waals surface area contributed by atoms with E-state index in [9.17, 15) is 4.79 Å². The monoisotopic (exact) mass is 309 g/mol. The van der Waals surface area contributed by atoms with Crippen LogP contribution in [0.2, 0.25) is 5.02 Å². The molecular formula is C13H16ClN5O2. The first-order valence-corrected chi connectivity index (χ1v) is 6.95. The van der Waals surface area contributed by atoms with Gasteiger partial charge in [0.05, 0.1) is 11.6 Å². The fourth-order valence-electron chi connectivity index (χ4n) is 1.60. The molecule has 0 saturated heterocycles. The van der Waals surface area contributed by atoms with Crippen LogP contribution >= 0.6 is 11.6 Å². The summed E-state index contributed by atoms with van der Waals surface area (Å²) in [5.74, 6) is 1.06. The van der Waals surface area contributed by atoms with E-state index in [2.05, 4.69) is 25.8 Å². The third-order valence-corrected chi connectivity index (χ3v) is 2.89. The summed E-state index contributed by atoms with van der Waals surface area (Å²) in [7, 11) is 0. The number of rotatable bonds is 6. The molecule has 0 aliphatic carbocycles. The van der Waals surface area contributed by atoms with Gasteiger partial charge in [-0.1, -0.05) is 23.7 Å². The van der Waals surface area contributed by atoms with Crippen LogP contribution < -0.4 is 10.6 Å². The molecule has 2 rings (SSSR count). The molecule has 0 aliphatic heterocycles. The molecule has 2 heterocycles. The van der Waals surface area contributed by atoms with Gasteiger partial charge in [0.25, 0.3) is 5.91 Å². The molecule has 2 N–H and O–H groups in total. The number of hydrogen-bond donors (Lipinski definition) is 2. The zero-order chi connectivity index (χ0) is 15.2. The first kappa shape index (κ1) is 15.2. The highest BCUT2D eigenvalue weighted by molar-refractivity contribution is 6.33. The van der Waals surface area contributed by atoms with E-state index in [4.69, 9.17) is 16.1 Å². The third kappa shape index (κ3) is 4.16. The van der Waals surface area contributed by atoms with Crippen molar-refractivity contribution < 1.29 is 9.32 Å². The second-order valence-electron chi connectivity index (χ2n) is 4.37. The van der Waals surface area contributed by atoms with Crippen LogP contribution in [0, 0.1) is 6.92 Å². The van der Waals surface area contributed by atoms with E-state index in [1.165, 1.54) is 0 Å². The Balaban J connectivity index is 2.03. The maximum absolute atomic E-state index is 12.1. The number of aryl methyl sites for hydroxylation is 1. The lowest BCUT2D eigenvalue weighted by molar-refractivity contribution is 0.0941. The minimum Gasteiger partial charge on any atom is -0.370 e. The van der Waals surface area contributed by atoms with Gasteiger partial charge in [-0.05, 0) is 25.5 Å². The zero-order valence-corrected chi connectivity index (χ0v) is 12.6. The number of carbonyl (C=O) groups is 1. The summed E-state index contributed by atoms with van der Waals surface area (Å²) in [6.07, 6.45) is 0.961. The van der Waals surface area contributed by atoms with Gasteiger partial charge in [-0.3, -0.25) is 4.79 Å². The highest BCUT2D eigenvalue weighted by atomic mass is 35.5. The van der Waals surface area contributed by atoms with Crippen molar-refractivity contribution in [3.8, 4) is 0 Å². The Kier molecular flexibility index (Phi) is 5.10. The lowest BCUT2D eigenvalue weighted by atomic mass is 10.3. The van der Waals surface area contributed by atoms with E-state index >= 15 is 0 Å². The van der Waals surface area contributed by atoms with Crippen LogP contribution in [0.25, 0.3) is 0 Å². The SMILES string of the molecule is CCCNc1ccc(Cl)c(C(=O)NCc2nc(C)no2)n1. The van der Waals surface area contributed by atoms with Crippen molar-refractivity contribution in [2.75, 3.05) is 11.9 Å². The van der Waals surface area contributed by atoms with Crippen molar-refractivity contribution in [1.29, 1.82) is 0 Å². The van der Waals surface area contributed by atoms with Crippen LogP contribution in [0.4, 0.5) is 5.82 Å². The molecule has 0 radical (unpaired) electrons.